The zero-order chi connectivity index (χ0) is 13.4. The summed E-state index contributed by atoms with van der Waals surface area (Å²) in [7, 11) is -0.977. The first-order chi connectivity index (χ1) is 8.49. The standard InChI is InChI=1S/C16H33NSi/c1-6-18(7-2,8-3)14-12-15-16(4,5)10-9-11-17(15)13-14/h14-15H,6-13H2,1-5H3. The Morgan fingerprint density at radius 1 is 1.11 bits per heavy atom. The molecule has 2 aliphatic rings. The van der Waals surface area contributed by atoms with Gasteiger partial charge in [-0.1, -0.05) is 52.8 Å². The largest absolute Gasteiger partial charge is 0.300 e. The lowest BCUT2D eigenvalue weighted by atomic mass is 9.76. The first-order valence-electron chi connectivity index (χ1n) is 8.23. The molecular weight excluding hydrogens is 234 g/mol. The normalized spacial score (nSPS) is 32.5. The van der Waals surface area contributed by atoms with Crippen LogP contribution in [0, 0.1) is 5.41 Å². The van der Waals surface area contributed by atoms with Gasteiger partial charge in [-0.3, -0.25) is 4.90 Å². The molecule has 0 saturated carbocycles. The maximum Gasteiger partial charge on any atom is 0.0572 e. The average Bonchev–Trinajstić information content (AvgIpc) is 2.78. The van der Waals surface area contributed by atoms with Crippen molar-refractivity contribution in [3.8, 4) is 0 Å². The minimum Gasteiger partial charge on any atom is -0.300 e. The van der Waals surface area contributed by atoms with Crippen molar-refractivity contribution in [3.05, 3.63) is 0 Å². The molecule has 2 heteroatoms. The number of piperidine rings is 1. The van der Waals surface area contributed by atoms with Gasteiger partial charge in [0.25, 0.3) is 0 Å². The van der Waals surface area contributed by atoms with Crippen LogP contribution in [0.15, 0.2) is 0 Å². The fourth-order valence-electron chi connectivity index (χ4n) is 4.93. The SMILES string of the molecule is CC[Si](CC)(CC)C1CC2N(CCCC2(C)C)C1. The molecule has 106 valence electrons. The van der Waals surface area contributed by atoms with Gasteiger partial charge in [0.2, 0.25) is 0 Å². The van der Waals surface area contributed by atoms with Crippen molar-refractivity contribution < 1.29 is 0 Å². The molecule has 0 spiro atoms. The molecule has 1 nitrogen and oxygen atoms in total. The van der Waals surface area contributed by atoms with Crippen LogP contribution in [-0.4, -0.2) is 32.1 Å². The van der Waals surface area contributed by atoms with Gasteiger partial charge in [-0.2, -0.15) is 0 Å². The van der Waals surface area contributed by atoms with E-state index in [-0.39, 0.29) is 0 Å². The summed E-state index contributed by atoms with van der Waals surface area (Å²) in [6.45, 7) is 15.3. The monoisotopic (exact) mass is 267 g/mol. The molecule has 0 amide bonds. The van der Waals surface area contributed by atoms with E-state index in [0.29, 0.717) is 5.41 Å². The molecule has 0 N–H and O–H groups in total. The van der Waals surface area contributed by atoms with Crippen LogP contribution in [-0.2, 0) is 0 Å². The van der Waals surface area contributed by atoms with Gasteiger partial charge < -0.3 is 0 Å². The highest BCUT2D eigenvalue weighted by Crippen LogP contribution is 2.49. The Balaban J connectivity index is 2.15. The van der Waals surface area contributed by atoms with Crippen molar-refractivity contribution in [1.29, 1.82) is 0 Å². The van der Waals surface area contributed by atoms with Gasteiger partial charge in [0.15, 0.2) is 0 Å². The Hall–Kier alpha value is 0.177. The third kappa shape index (κ3) is 2.31. The third-order valence-electron chi connectivity index (χ3n) is 6.55. The van der Waals surface area contributed by atoms with Gasteiger partial charge in [0, 0.05) is 6.04 Å². The van der Waals surface area contributed by atoms with Gasteiger partial charge in [-0.05, 0) is 43.3 Å². The second-order valence-corrected chi connectivity index (χ2v) is 13.1. The van der Waals surface area contributed by atoms with E-state index in [0.717, 1.165) is 11.6 Å². The lowest BCUT2D eigenvalue weighted by Crippen LogP contribution is -2.45. The number of hydrogen-bond acceptors (Lipinski definition) is 1. The van der Waals surface area contributed by atoms with Gasteiger partial charge in [-0.15, -0.1) is 0 Å². The van der Waals surface area contributed by atoms with E-state index in [9.17, 15) is 0 Å². The minimum atomic E-state index is -0.977. The Morgan fingerprint density at radius 3 is 2.22 bits per heavy atom. The van der Waals surface area contributed by atoms with E-state index in [1.54, 1.807) is 0 Å². The first kappa shape index (κ1) is 14.6. The smallest absolute Gasteiger partial charge is 0.0572 e. The molecule has 0 aromatic heterocycles. The molecule has 0 aromatic carbocycles. The summed E-state index contributed by atoms with van der Waals surface area (Å²) >= 11 is 0. The van der Waals surface area contributed by atoms with Crippen molar-refractivity contribution in [3.63, 3.8) is 0 Å². The highest BCUT2D eigenvalue weighted by Gasteiger charge is 2.49. The predicted octanol–water partition coefficient (Wildman–Crippen LogP) is 4.76. The molecular formula is C16H33NSi. The minimum absolute atomic E-state index is 0.572. The zero-order valence-corrected chi connectivity index (χ0v) is 14.3. The van der Waals surface area contributed by atoms with Gasteiger partial charge in [0.05, 0.1) is 8.07 Å². The summed E-state index contributed by atoms with van der Waals surface area (Å²) in [6.07, 6.45) is 4.39. The molecule has 2 aliphatic heterocycles. The fourth-order valence-corrected chi connectivity index (χ4v) is 9.50. The lowest BCUT2D eigenvalue weighted by Gasteiger charge is -2.42. The molecule has 2 fully saturated rings. The maximum atomic E-state index is 2.86. The van der Waals surface area contributed by atoms with Gasteiger partial charge in [-0.25, -0.2) is 0 Å². The summed E-state index contributed by atoms with van der Waals surface area (Å²) in [6, 6.07) is 5.41. The highest BCUT2D eigenvalue weighted by atomic mass is 28.3. The fraction of sp³-hybridized carbons (Fsp3) is 1.00. The van der Waals surface area contributed by atoms with Crippen molar-refractivity contribution in [2.24, 2.45) is 5.41 Å². The number of nitrogens with zero attached hydrogens (tertiary/aromatic N) is 1. The van der Waals surface area contributed by atoms with E-state index in [1.165, 1.54) is 50.5 Å². The van der Waals surface area contributed by atoms with Crippen LogP contribution in [0.4, 0.5) is 0 Å². The van der Waals surface area contributed by atoms with Crippen LogP contribution in [0.1, 0.15) is 53.9 Å². The molecule has 2 atom stereocenters. The topological polar surface area (TPSA) is 3.24 Å². The Labute approximate surface area is 115 Å². The average molecular weight is 268 g/mol. The van der Waals surface area contributed by atoms with E-state index in [1.807, 2.05) is 0 Å². The van der Waals surface area contributed by atoms with E-state index >= 15 is 0 Å². The molecule has 2 heterocycles. The summed E-state index contributed by atoms with van der Waals surface area (Å²) in [5.74, 6) is 0. The second-order valence-electron chi connectivity index (χ2n) is 7.46. The van der Waals surface area contributed by atoms with Crippen molar-refractivity contribution in [1.82, 2.24) is 4.90 Å². The summed E-state index contributed by atoms with van der Waals surface area (Å²) in [5.41, 5.74) is 1.66. The molecule has 0 aliphatic carbocycles. The van der Waals surface area contributed by atoms with Crippen LogP contribution in [0.5, 0.6) is 0 Å². The number of fused-ring (bicyclic) bond motifs is 1. The molecule has 0 aromatic rings. The lowest BCUT2D eigenvalue weighted by molar-refractivity contribution is 0.0712. The van der Waals surface area contributed by atoms with Crippen LogP contribution >= 0.6 is 0 Å². The quantitative estimate of drug-likeness (QED) is 0.664. The summed E-state index contributed by atoms with van der Waals surface area (Å²) in [5, 5.41) is 0. The predicted molar refractivity (Wildman–Crippen MR) is 83.9 cm³/mol. The van der Waals surface area contributed by atoms with Crippen molar-refractivity contribution >= 4 is 8.07 Å². The molecule has 0 bridgehead atoms. The van der Waals surface area contributed by atoms with Gasteiger partial charge >= 0.3 is 0 Å². The summed E-state index contributed by atoms with van der Waals surface area (Å²) < 4.78 is 0. The number of rotatable bonds is 4. The molecule has 2 saturated heterocycles. The molecule has 2 unspecified atom stereocenters. The second kappa shape index (κ2) is 5.28. The Morgan fingerprint density at radius 2 is 1.72 bits per heavy atom. The Kier molecular flexibility index (Phi) is 4.28. The van der Waals surface area contributed by atoms with Crippen LogP contribution in [0.2, 0.25) is 23.7 Å². The first-order valence-corrected chi connectivity index (χ1v) is 10.9. The third-order valence-corrected chi connectivity index (χ3v) is 12.9. The zero-order valence-electron chi connectivity index (χ0n) is 13.3. The van der Waals surface area contributed by atoms with E-state index in [2.05, 4.69) is 39.5 Å². The van der Waals surface area contributed by atoms with Crippen molar-refractivity contribution in [2.75, 3.05) is 13.1 Å². The molecule has 18 heavy (non-hydrogen) atoms. The number of hydrogen-bond donors (Lipinski definition) is 0. The van der Waals surface area contributed by atoms with Gasteiger partial charge in [0.1, 0.15) is 0 Å². The highest BCUT2D eigenvalue weighted by molar-refractivity contribution is 6.81. The van der Waals surface area contributed by atoms with Crippen LogP contribution in [0.25, 0.3) is 0 Å². The summed E-state index contributed by atoms with van der Waals surface area (Å²) in [4.78, 5) is 2.86. The van der Waals surface area contributed by atoms with E-state index in [4.69, 9.17) is 0 Å². The van der Waals surface area contributed by atoms with Crippen LogP contribution < -0.4 is 0 Å². The Bertz CT molecular complexity index is 275. The molecule has 0 radical (unpaired) electrons. The van der Waals surface area contributed by atoms with Crippen molar-refractivity contribution in [2.45, 2.75) is 83.6 Å². The van der Waals surface area contributed by atoms with E-state index < -0.39 is 8.07 Å². The van der Waals surface area contributed by atoms with Crippen LogP contribution in [0.3, 0.4) is 0 Å². The maximum absolute atomic E-state index is 2.86. The molecule has 2 rings (SSSR count).